The number of nitrogens with zero attached hydrogens (tertiary/aromatic N) is 4. The first-order valence-electron chi connectivity index (χ1n) is 11.8. The average molecular weight is 514 g/mol. The number of aromatic nitrogens is 2. The van der Waals surface area contributed by atoms with Crippen LogP contribution in [-0.2, 0) is 5.75 Å². The molecule has 0 saturated carbocycles. The molecule has 0 radical (unpaired) electrons. The Morgan fingerprint density at radius 3 is 2.60 bits per heavy atom. The summed E-state index contributed by atoms with van der Waals surface area (Å²) in [5, 5.41) is 3.92. The number of hydrogen-bond acceptors (Lipinski definition) is 6. The summed E-state index contributed by atoms with van der Waals surface area (Å²) < 4.78 is 14.1. The van der Waals surface area contributed by atoms with Crippen molar-refractivity contribution in [2.45, 2.75) is 30.7 Å². The van der Waals surface area contributed by atoms with Gasteiger partial charge in [0.25, 0.3) is 5.91 Å². The van der Waals surface area contributed by atoms with Crippen LogP contribution in [0.4, 0.5) is 15.9 Å². The van der Waals surface area contributed by atoms with Crippen LogP contribution in [0, 0.1) is 5.82 Å². The molecule has 1 aliphatic rings. The molecule has 9 heteroatoms. The summed E-state index contributed by atoms with van der Waals surface area (Å²) in [5.74, 6) is 1.13. The van der Waals surface area contributed by atoms with Crippen molar-refractivity contribution in [3.63, 3.8) is 0 Å². The van der Waals surface area contributed by atoms with Crippen LogP contribution >= 0.6 is 23.4 Å². The topological polar surface area (TPSA) is 61.4 Å². The van der Waals surface area contributed by atoms with Crippen molar-refractivity contribution in [3.05, 3.63) is 76.7 Å². The van der Waals surface area contributed by atoms with Crippen LogP contribution in [-0.4, -0.2) is 48.6 Å². The van der Waals surface area contributed by atoms with Crippen LogP contribution < -0.4 is 15.1 Å². The maximum atomic E-state index is 14.1. The summed E-state index contributed by atoms with van der Waals surface area (Å²) in [7, 11) is 0. The fourth-order valence-corrected chi connectivity index (χ4v) is 4.95. The van der Waals surface area contributed by atoms with Crippen LogP contribution in [0.5, 0.6) is 0 Å². The van der Waals surface area contributed by atoms with Gasteiger partial charge in [-0.25, -0.2) is 14.4 Å². The number of nitrogens with one attached hydrogen (secondary N) is 1. The number of amides is 1. The molecule has 35 heavy (non-hydrogen) atoms. The molecule has 0 aliphatic carbocycles. The Kier molecular flexibility index (Phi) is 8.82. The summed E-state index contributed by atoms with van der Waals surface area (Å²) in [4.78, 5) is 25.6. The van der Waals surface area contributed by atoms with E-state index in [0.717, 1.165) is 24.2 Å². The predicted molar refractivity (Wildman–Crippen MR) is 141 cm³/mol. The maximum absolute atomic E-state index is 14.1. The second-order valence-corrected chi connectivity index (χ2v) is 9.69. The molecule has 0 atom stereocenters. The van der Waals surface area contributed by atoms with Gasteiger partial charge < -0.3 is 15.1 Å². The lowest BCUT2D eigenvalue weighted by molar-refractivity contribution is 0.0953. The van der Waals surface area contributed by atoms with Crippen molar-refractivity contribution in [2.75, 3.05) is 42.5 Å². The number of piperazine rings is 1. The van der Waals surface area contributed by atoms with E-state index in [1.165, 1.54) is 17.8 Å². The SMILES string of the molecule is CCCCNC(=O)c1cccc(CSc2nc(Cl)cc(N3CCN(c4ccccc4F)CC3)n2)c1. The minimum Gasteiger partial charge on any atom is -0.366 e. The minimum absolute atomic E-state index is 0.0545. The molecule has 6 nitrogen and oxygen atoms in total. The van der Waals surface area contributed by atoms with E-state index in [1.54, 1.807) is 12.1 Å². The fraction of sp³-hybridized carbons (Fsp3) is 0.346. The van der Waals surface area contributed by atoms with Gasteiger partial charge in [-0.1, -0.05) is 61.0 Å². The van der Waals surface area contributed by atoms with Crippen LogP contribution in [0.25, 0.3) is 0 Å². The van der Waals surface area contributed by atoms with E-state index in [9.17, 15) is 9.18 Å². The van der Waals surface area contributed by atoms with Gasteiger partial charge in [0.15, 0.2) is 5.16 Å². The van der Waals surface area contributed by atoms with Gasteiger partial charge in [-0.05, 0) is 36.2 Å². The van der Waals surface area contributed by atoms with E-state index >= 15 is 0 Å². The zero-order valence-electron chi connectivity index (χ0n) is 19.7. The summed E-state index contributed by atoms with van der Waals surface area (Å²) in [6, 6.07) is 16.2. The Bertz CT molecular complexity index is 1160. The number of carbonyl (C=O) groups is 1. The van der Waals surface area contributed by atoms with Gasteiger partial charge in [0.05, 0.1) is 5.69 Å². The van der Waals surface area contributed by atoms with E-state index in [-0.39, 0.29) is 11.7 Å². The molecule has 1 saturated heterocycles. The van der Waals surface area contributed by atoms with Gasteiger partial charge in [0.1, 0.15) is 16.8 Å². The lowest BCUT2D eigenvalue weighted by Gasteiger charge is -2.36. The van der Waals surface area contributed by atoms with Gasteiger partial charge in [-0.3, -0.25) is 4.79 Å². The number of benzene rings is 2. The number of hydrogen-bond donors (Lipinski definition) is 1. The highest BCUT2D eigenvalue weighted by molar-refractivity contribution is 7.98. The van der Waals surface area contributed by atoms with Crippen molar-refractivity contribution in [1.29, 1.82) is 0 Å². The van der Waals surface area contributed by atoms with Crippen molar-refractivity contribution >= 4 is 40.8 Å². The zero-order valence-corrected chi connectivity index (χ0v) is 21.3. The second kappa shape index (κ2) is 12.2. The first kappa shape index (κ1) is 25.3. The van der Waals surface area contributed by atoms with Crippen molar-refractivity contribution in [3.8, 4) is 0 Å². The number of carbonyl (C=O) groups excluding carboxylic acids is 1. The lowest BCUT2D eigenvalue weighted by Crippen LogP contribution is -2.47. The molecule has 3 aromatic rings. The molecule has 1 aliphatic heterocycles. The van der Waals surface area contributed by atoms with E-state index in [4.69, 9.17) is 16.6 Å². The fourth-order valence-electron chi connectivity index (χ4n) is 3.93. The van der Waals surface area contributed by atoms with Crippen LogP contribution in [0.1, 0.15) is 35.7 Å². The Morgan fingerprint density at radius 1 is 1.06 bits per heavy atom. The normalized spacial score (nSPS) is 13.7. The van der Waals surface area contributed by atoms with Gasteiger partial charge in [-0.15, -0.1) is 0 Å². The Morgan fingerprint density at radius 2 is 1.83 bits per heavy atom. The number of para-hydroxylation sites is 1. The van der Waals surface area contributed by atoms with Crippen LogP contribution in [0.2, 0.25) is 5.15 Å². The maximum Gasteiger partial charge on any atom is 0.251 e. The third-order valence-electron chi connectivity index (χ3n) is 5.83. The molecule has 2 aromatic carbocycles. The standard InChI is InChI=1S/C26H29ClFN5OS/c1-2-3-11-29-25(34)20-8-6-7-19(16-20)18-35-26-30-23(27)17-24(31-26)33-14-12-32(13-15-33)22-10-5-4-9-21(22)28/h4-10,16-17H,2-3,11-15,18H2,1H3,(H,29,34). The average Bonchev–Trinajstić information content (AvgIpc) is 2.88. The van der Waals surface area contributed by atoms with Gasteiger partial charge in [0.2, 0.25) is 0 Å². The molecule has 1 amide bonds. The molecule has 1 aromatic heterocycles. The van der Waals surface area contributed by atoms with E-state index in [2.05, 4.69) is 27.0 Å². The quantitative estimate of drug-likeness (QED) is 0.178. The highest BCUT2D eigenvalue weighted by Crippen LogP contribution is 2.27. The van der Waals surface area contributed by atoms with Crippen molar-refractivity contribution in [1.82, 2.24) is 15.3 Å². The lowest BCUT2D eigenvalue weighted by atomic mass is 10.1. The van der Waals surface area contributed by atoms with Crippen molar-refractivity contribution in [2.24, 2.45) is 0 Å². The third-order valence-corrected chi connectivity index (χ3v) is 6.94. The highest BCUT2D eigenvalue weighted by atomic mass is 35.5. The molecule has 1 fully saturated rings. The van der Waals surface area contributed by atoms with E-state index < -0.39 is 0 Å². The Hall–Kier alpha value is -2.84. The largest absolute Gasteiger partial charge is 0.366 e. The first-order valence-corrected chi connectivity index (χ1v) is 13.2. The summed E-state index contributed by atoms with van der Waals surface area (Å²) in [6.45, 7) is 5.58. The summed E-state index contributed by atoms with van der Waals surface area (Å²) in [6.07, 6.45) is 2.01. The smallest absolute Gasteiger partial charge is 0.251 e. The number of unbranched alkanes of at least 4 members (excludes halogenated alkanes) is 1. The molecule has 0 unspecified atom stereocenters. The number of halogens is 2. The Balaban J connectivity index is 1.37. The number of anilines is 2. The molecular formula is C26H29ClFN5OS. The minimum atomic E-state index is -0.202. The second-order valence-electron chi connectivity index (χ2n) is 8.36. The molecule has 1 N–H and O–H groups in total. The highest BCUT2D eigenvalue weighted by Gasteiger charge is 2.21. The van der Waals surface area contributed by atoms with Gasteiger partial charge in [-0.2, -0.15) is 0 Å². The molecule has 4 rings (SSSR count). The zero-order chi connectivity index (χ0) is 24.6. The van der Waals surface area contributed by atoms with E-state index in [1.807, 2.05) is 36.4 Å². The van der Waals surface area contributed by atoms with E-state index in [0.29, 0.717) is 60.0 Å². The summed E-state index contributed by atoms with van der Waals surface area (Å²) in [5.41, 5.74) is 2.30. The molecule has 2 heterocycles. The number of rotatable bonds is 9. The predicted octanol–water partition coefficient (Wildman–Crippen LogP) is 5.42. The monoisotopic (exact) mass is 513 g/mol. The molecule has 184 valence electrons. The first-order chi connectivity index (χ1) is 17.0. The van der Waals surface area contributed by atoms with Crippen LogP contribution in [0.15, 0.2) is 59.8 Å². The Labute approximate surface area is 214 Å². The van der Waals surface area contributed by atoms with Gasteiger partial charge in [0, 0.05) is 50.1 Å². The molecule has 0 spiro atoms. The molecular weight excluding hydrogens is 485 g/mol. The van der Waals surface area contributed by atoms with Gasteiger partial charge >= 0.3 is 0 Å². The summed E-state index contributed by atoms with van der Waals surface area (Å²) >= 11 is 7.80. The third kappa shape index (κ3) is 6.86. The molecule has 0 bridgehead atoms. The van der Waals surface area contributed by atoms with Crippen LogP contribution in [0.3, 0.4) is 0 Å². The van der Waals surface area contributed by atoms with Crippen molar-refractivity contribution < 1.29 is 9.18 Å². The number of thioether (sulfide) groups is 1.